The summed E-state index contributed by atoms with van der Waals surface area (Å²) in [7, 11) is 0. The molecule has 0 saturated carbocycles. The van der Waals surface area contributed by atoms with Crippen molar-refractivity contribution in [3.8, 4) is 0 Å². The lowest BCUT2D eigenvalue weighted by Gasteiger charge is -2.08. The van der Waals surface area contributed by atoms with Gasteiger partial charge in [-0.15, -0.1) is 0 Å². The number of nitro groups is 1. The van der Waals surface area contributed by atoms with Crippen LogP contribution in [0.2, 0.25) is 0 Å². The molecule has 1 aromatic carbocycles. The van der Waals surface area contributed by atoms with Crippen LogP contribution in [0.3, 0.4) is 0 Å². The molecule has 5 nitrogen and oxygen atoms in total. The number of rotatable bonds is 5. The summed E-state index contributed by atoms with van der Waals surface area (Å²) in [5.41, 5.74) is 0.0228. The van der Waals surface area contributed by atoms with Gasteiger partial charge in [0.2, 0.25) is 0 Å². The zero-order valence-electron chi connectivity index (χ0n) is 10.3. The Labute approximate surface area is 113 Å². The van der Waals surface area contributed by atoms with Gasteiger partial charge in [0.1, 0.15) is 0 Å². The zero-order valence-corrected chi connectivity index (χ0v) is 10.3. The third-order valence-corrected chi connectivity index (χ3v) is 2.73. The molecule has 0 radical (unpaired) electrons. The van der Waals surface area contributed by atoms with Crippen LogP contribution in [0.1, 0.15) is 5.56 Å². The fourth-order valence-corrected chi connectivity index (χ4v) is 1.74. The van der Waals surface area contributed by atoms with E-state index in [-0.39, 0.29) is 6.54 Å². The third kappa shape index (κ3) is 3.05. The monoisotopic (exact) mass is 279 g/mol. The Bertz CT molecular complexity index is 621. The number of anilines is 1. The van der Waals surface area contributed by atoms with Crippen LogP contribution in [0.5, 0.6) is 0 Å². The van der Waals surface area contributed by atoms with Gasteiger partial charge in [-0.2, -0.15) is 0 Å². The SMILES string of the molecule is O=[N+]([O-])c1ccc(F)c(F)c1NCCc1ccncc1. The number of hydrogen-bond donors (Lipinski definition) is 1. The summed E-state index contributed by atoms with van der Waals surface area (Å²) in [6, 6.07) is 5.23. The molecule has 0 aliphatic heterocycles. The summed E-state index contributed by atoms with van der Waals surface area (Å²) in [4.78, 5) is 13.9. The van der Waals surface area contributed by atoms with E-state index in [0.717, 1.165) is 17.7 Å². The molecule has 0 unspecified atom stereocenters. The Balaban J connectivity index is 2.12. The predicted molar refractivity (Wildman–Crippen MR) is 69.4 cm³/mol. The minimum absolute atomic E-state index is 0.241. The van der Waals surface area contributed by atoms with Gasteiger partial charge in [0.05, 0.1) is 4.92 Å². The smallest absolute Gasteiger partial charge is 0.295 e. The number of benzene rings is 1. The average Bonchev–Trinajstić information content (AvgIpc) is 2.44. The molecule has 2 aromatic rings. The molecular formula is C13H11F2N3O2. The Hall–Kier alpha value is -2.57. The van der Waals surface area contributed by atoms with Gasteiger partial charge < -0.3 is 5.32 Å². The topological polar surface area (TPSA) is 68.1 Å². The van der Waals surface area contributed by atoms with Crippen molar-refractivity contribution in [1.29, 1.82) is 0 Å². The van der Waals surface area contributed by atoms with E-state index in [4.69, 9.17) is 0 Å². The van der Waals surface area contributed by atoms with Crippen LogP contribution in [0.15, 0.2) is 36.7 Å². The van der Waals surface area contributed by atoms with Crippen LogP contribution in [-0.2, 0) is 6.42 Å². The molecule has 7 heteroatoms. The highest BCUT2D eigenvalue weighted by molar-refractivity contribution is 5.62. The molecule has 1 N–H and O–H groups in total. The first-order valence-electron chi connectivity index (χ1n) is 5.84. The first kappa shape index (κ1) is 13.9. The second-order valence-electron chi connectivity index (χ2n) is 4.04. The van der Waals surface area contributed by atoms with Gasteiger partial charge in [-0.1, -0.05) is 0 Å². The number of nitrogens with one attached hydrogen (secondary N) is 1. The van der Waals surface area contributed by atoms with Crippen LogP contribution < -0.4 is 5.32 Å². The number of nitrogens with zero attached hydrogens (tertiary/aromatic N) is 2. The first-order valence-corrected chi connectivity index (χ1v) is 5.84. The van der Waals surface area contributed by atoms with Crippen LogP contribution in [0.25, 0.3) is 0 Å². The maximum absolute atomic E-state index is 13.6. The lowest BCUT2D eigenvalue weighted by atomic mass is 10.2. The van der Waals surface area contributed by atoms with Crippen LogP contribution in [0, 0.1) is 21.7 Å². The first-order chi connectivity index (χ1) is 9.59. The molecule has 2 rings (SSSR count). The van der Waals surface area contributed by atoms with Gasteiger partial charge >= 0.3 is 0 Å². The lowest BCUT2D eigenvalue weighted by molar-refractivity contribution is -0.384. The van der Waals surface area contributed by atoms with Gasteiger partial charge in [-0.25, -0.2) is 8.78 Å². The molecule has 0 fully saturated rings. The number of pyridine rings is 1. The van der Waals surface area contributed by atoms with E-state index in [1.54, 1.807) is 24.5 Å². The van der Waals surface area contributed by atoms with Crippen molar-refractivity contribution in [2.75, 3.05) is 11.9 Å². The molecule has 0 bridgehead atoms. The fourth-order valence-electron chi connectivity index (χ4n) is 1.74. The van der Waals surface area contributed by atoms with Crippen molar-refractivity contribution in [2.45, 2.75) is 6.42 Å². The second-order valence-corrected chi connectivity index (χ2v) is 4.04. The Morgan fingerprint density at radius 2 is 1.90 bits per heavy atom. The highest BCUT2D eigenvalue weighted by atomic mass is 19.2. The normalized spacial score (nSPS) is 10.3. The van der Waals surface area contributed by atoms with Crippen molar-refractivity contribution in [3.63, 3.8) is 0 Å². The molecule has 0 aliphatic rings. The standard InChI is InChI=1S/C13H11F2N3O2/c14-10-1-2-11(18(19)20)13(12(10)15)17-8-5-9-3-6-16-7-4-9/h1-4,6-7,17H,5,8H2. The molecule has 1 aromatic heterocycles. The van der Waals surface area contributed by atoms with Crippen LogP contribution >= 0.6 is 0 Å². The summed E-state index contributed by atoms with van der Waals surface area (Å²) < 4.78 is 26.7. The Morgan fingerprint density at radius 3 is 2.55 bits per heavy atom. The van der Waals surface area contributed by atoms with Gasteiger partial charge in [-0.05, 0) is 30.2 Å². The summed E-state index contributed by atoms with van der Waals surface area (Å²) in [5, 5.41) is 13.4. The Morgan fingerprint density at radius 1 is 1.20 bits per heavy atom. The molecular weight excluding hydrogens is 268 g/mol. The van der Waals surface area contributed by atoms with Crippen molar-refractivity contribution < 1.29 is 13.7 Å². The van der Waals surface area contributed by atoms with E-state index in [1.165, 1.54) is 0 Å². The highest BCUT2D eigenvalue weighted by Crippen LogP contribution is 2.28. The van der Waals surface area contributed by atoms with E-state index in [9.17, 15) is 18.9 Å². The van der Waals surface area contributed by atoms with Crippen LogP contribution in [-0.4, -0.2) is 16.5 Å². The maximum atomic E-state index is 13.6. The van der Waals surface area contributed by atoms with Crippen LogP contribution in [0.4, 0.5) is 20.2 Å². The van der Waals surface area contributed by atoms with Gasteiger partial charge in [-0.3, -0.25) is 15.1 Å². The molecule has 1 heterocycles. The highest BCUT2D eigenvalue weighted by Gasteiger charge is 2.20. The zero-order chi connectivity index (χ0) is 14.5. The molecule has 0 saturated heterocycles. The van der Waals surface area contributed by atoms with E-state index in [1.807, 2.05) is 0 Å². The molecule has 104 valence electrons. The second kappa shape index (κ2) is 6.05. The minimum Gasteiger partial charge on any atom is -0.377 e. The molecule has 0 aliphatic carbocycles. The van der Waals surface area contributed by atoms with Crippen molar-refractivity contribution in [1.82, 2.24) is 4.98 Å². The molecule has 20 heavy (non-hydrogen) atoms. The van der Waals surface area contributed by atoms with Crippen molar-refractivity contribution in [3.05, 3.63) is 64.0 Å². The maximum Gasteiger partial charge on any atom is 0.295 e. The van der Waals surface area contributed by atoms with Gasteiger partial charge in [0, 0.05) is 25.0 Å². The molecule has 0 amide bonds. The van der Waals surface area contributed by atoms with Crippen molar-refractivity contribution in [2.24, 2.45) is 0 Å². The predicted octanol–water partition coefficient (Wildman–Crippen LogP) is 2.92. The third-order valence-electron chi connectivity index (χ3n) is 2.73. The minimum atomic E-state index is -1.24. The van der Waals surface area contributed by atoms with Crippen molar-refractivity contribution >= 4 is 11.4 Å². The van der Waals surface area contributed by atoms with Gasteiger partial charge in [0.15, 0.2) is 17.3 Å². The summed E-state index contributed by atoms with van der Waals surface area (Å²) in [6.45, 7) is 0.241. The van der Waals surface area contributed by atoms with E-state index < -0.39 is 27.9 Å². The largest absolute Gasteiger partial charge is 0.377 e. The summed E-state index contributed by atoms with van der Waals surface area (Å²) in [6.07, 6.45) is 3.73. The van der Waals surface area contributed by atoms with E-state index in [2.05, 4.69) is 10.3 Å². The lowest BCUT2D eigenvalue weighted by Crippen LogP contribution is -2.09. The van der Waals surface area contributed by atoms with E-state index in [0.29, 0.717) is 6.42 Å². The molecule has 0 spiro atoms. The Kier molecular flexibility index (Phi) is 4.19. The molecule has 0 atom stereocenters. The summed E-state index contributed by atoms with van der Waals surface area (Å²) >= 11 is 0. The average molecular weight is 279 g/mol. The van der Waals surface area contributed by atoms with E-state index >= 15 is 0 Å². The quantitative estimate of drug-likeness (QED) is 0.675. The number of aromatic nitrogens is 1. The van der Waals surface area contributed by atoms with Gasteiger partial charge in [0.25, 0.3) is 5.69 Å². The fraction of sp³-hybridized carbons (Fsp3) is 0.154. The summed E-state index contributed by atoms with van der Waals surface area (Å²) in [5.74, 6) is -2.36. The number of nitro benzene ring substituents is 1. The number of halogens is 2. The number of hydrogen-bond acceptors (Lipinski definition) is 4.